The van der Waals surface area contributed by atoms with Gasteiger partial charge in [-0.25, -0.2) is 0 Å². The van der Waals surface area contributed by atoms with Crippen molar-refractivity contribution in [3.05, 3.63) is 0 Å². The van der Waals surface area contributed by atoms with Crippen LogP contribution in [0, 0.1) is 0 Å². The number of carbonyl (C=O) groups excluding carboxylic acids is 1. The number of ether oxygens (including phenoxy) is 8. The van der Waals surface area contributed by atoms with Crippen LogP contribution in [0.4, 0.5) is 0 Å². The van der Waals surface area contributed by atoms with Gasteiger partial charge in [0.05, 0.1) is 0 Å². The monoisotopic (exact) mass is 284 g/mol. The SMILES string of the molecule is COCOCOCOCOCOCOCOC(C)=O. The number of hydrogen-bond donors (Lipinski definition) is 0. The van der Waals surface area contributed by atoms with Crippen LogP contribution in [0.15, 0.2) is 0 Å². The lowest BCUT2D eigenvalue weighted by molar-refractivity contribution is -0.219. The van der Waals surface area contributed by atoms with Crippen molar-refractivity contribution in [3.63, 3.8) is 0 Å². The molecule has 0 aromatic carbocycles. The first-order valence-corrected chi connectivity index (χ1v) is 5.36. The molecule has 0 spiro atoms. The summed E-state index contributed by atoms with van der Waals surface area (Å²) in [6, 6.07) is 0. The maximum absolute atomic E-state index is 10.4. The maximum Gasteiger partial charge on any atom is 0.304 e. The van der Waals surface area contributed by atoms with Crippen molar-refractivity contribution >= 4 is 5.97 Å². The van der Waals surface area contributed by atoms with E-state index in [1.165, 1.54) is 14.0 Å². The molecule has 0 aromatic rings. The second-order valence-corrected chi connectivity index (χ2v) is 2.97. The molecule has 0 atom stereocenters. The van der Waals surface area contributed by atoms with Crippen LogP contribution in [-0.4, -0.2) is 60.6 Å². The summed E-state index contributed by atoms with van der Waals surface area (Å²) in [5.74, 6) is -0.417. The molecular formula is C10H20O9. The van der Waals surface area contributed by atoms with E-state index < -0.39 is 5.97 Å². The van der Waals surface area contributed by atoms with E-state index in [0.717, 1.165) is 0 Å². The molecule has 9 nitrogen and oxygen atoms in total. The standard InChI is InChI=1S/C10H20O9/c1-10(11)19-9-18-8-17-7-16-6-15-5-14-4-13-3-12-2/h3-9H2,1-2H3. The molecule has 9 heteroatoms. The van der Waals surface area contributed by atoms with E-state index in [2.05, 4.69) is 9.47 Å². The minimum Gasteiger partial charge on any atom is -0.439 e. The van der Waals surface area contributed by atoms with Gasteiger partial charge in [-0.1, -0.05) is 0 Å². The molecule has 0 aromatic heterocycles. The normalized spacial score (nSPS) is 10.6. The zero-order valence-electron chi connectivity index (χ0n) is 11.1. The quantitative estimate of drug-likeness (QED) is 0.248. The van der Waals surface area contributed by atoms with Crippen LogP contribution in [0.5, 0.6) is 0 Å². The lowest BCUT2D eigenvalue weighted by atomic mass is 10.8. The summed E-state index contributed by atoms with van der Waals surface area (Å²) in [4.78, 5) is 10.4. The predicted octanol–water partition coefficient (Wildman–Crippen LogP) is -0.00200. The lowest BCUT2D eigenvalue weighted by Crippen LogP contribution is -2.11. The Morgan fingerprint density at radius 2 is 1.05 bits per heavy atom. The highest BCUT2D eigenvalue weighted by atomic mass is 16.8. The van der Waals surface area contributed by atoms with Gasteiger partial charge < -0.3 is 37.9 Å². The summed E-state index contributed by atoms with van der Waals surface area (Å²) >= 11 is 0. The predicted molar refractivity (Wildman–Crippen MR) is 59.4 cm³/mol. The van der Waals surface area contributed by atoms with Crippen molar-refractivity contribution < 1.29 is 42.7 Å². The molecule has 0 heterocycles. The molecule has 0 aliphatic carbocycles. The van der Waals surface area contributed by atoms with Crippen LogP contribution in [0.1, 0.15) is 6.92 Å². The molecule has 114 valence electrons. The number of hydrogen-bond acceptors (Lipinski definition) is 9. The van der Waals surface area contributed by atoms with E-state index >= 15 is 0 Å². The molecule has 0 aliphatic rings. The van der Waals surface area contributed by atoms with Crippen molar-refractivity contribution in [2.24, 2.45) is 0 Å². The van der Waals surface area contributed by atoms with Gasteiger partial charge in [-0.05, 0) is 0 Å². The molecule has 0 unspecified atom stereocenters. The second kappa shape index (κ2) is 15.2. The average molecular weight is 284 g/mol. The average Bonchev–Trinajstić information content (AvgIpc) is 2.39. The van der Waals surface area contributed by atoms with Gasteiger partial charge in [0.2, 0.25) is 0 Å². The minimum atomic E-state index is -0.417. The summed E-state index contributed by atoms with van der Waals surface area (Å²) in [5, 5.41) is 0. The molecule has 0 rings (SSSR count). The Morgan fingerprint density at radius 3 is 1.42 bits per heavy atom. The van der Waals surface area contributed by atoms with E-state index in [4.69, 9.17) is 28.4 Å². The lowest BCUT2D eigenvalue weighted by Gasteiger charge is -2.08. The third-order valence-corrected chi connectivity index (χ3v) is 1.38. The fourth-order valence-electron chi connectivity index (χ4n) is 0.707. The van der Waals surface area contributed by atoms with Crippen molar-refractivity contribution in [2.75, 3.05) is 54.7 Å². The van der Waals surface area contributed by atoms with Gasteiger partial charge in [-0.3, -0.25) is 4.79 Å². The topological polar surface area (TPSA) is 90.9 Å². The molecule has 0 N–H and O–H groups in total. The van der Waals surface area contributed by atoms with E-state index in [-0.39, 0.29) is 47.6 Å². The van der Waals surface area contributed by atoms with Crippen molar-refractivity contribution in [1.29, 1.82) is 0 Å². The third kappa shape index (κ3) is 17.2. The maximum atomic E-state index is 10.4. The molecule has 19 heavy (non-hydrogen) atoms. The van der Waals surface area contributed by atoms with Crippen molar-refractivity contribution in [2.45, 2.75) is 6.92 Å². The van der Waals surface area contributed by atoms with Gasteiger partial charge in [-0.15, -0.1) is 0 Å². The molecule has 0 bridgehead atoms. The fourth-order valence-corrected chi connectivity index (χ4v) is 0.707. The summed E-state index contributed by atoms with van der Waals surface area (Å²) in [6.07, 6.45) is 0. The first-order valence-electron chi connectivity index (χ1n) is 5.36. The Hall–Kier alpha value is -0.810. The minimum absolute atomic E-state index is 0.00816. The Balaban J connectivity index is 2.93. The van der Waals surface area contributed by atoms with Gasteiger partial charge in [0.1, 0.15) is 6.79 Å². The van der Waals surface area contributed by atoms with Crippen LogP contribution < -0.4 is 0 Å². The third-order valence-electron chi connectivity index (χ3n) is 1.38. The number of methoxy groups -OCH3 is 1. The van der Waals surface area contributed by atoms with Crippen molar-refractivity contribution in [1.82, 2.24) is 0 Å². The zero-order chi connectivity index (χ0) is 14.2. The summed E-state index contributed by atoms with van der Waals surface area (Å²) in [5.41, 5.74) is 0. The highest BCUT2D eigenvalue weighted by molar-refractivity contribution is 5.65. The summed E-state index contributed by atoms with van der Waals surface area (Å²) < 4.78 is 38.4. The van der Waals surface area contributed by atoms with Gasteiger partial charge in [0.25, 0.3) is 0 Å². The van der Waals surface area contributed by atoms with Gasteiger partial charge in [-0.2, -0.15) is 0 Å². The molecule has 0 fully saturated rings. The highest BCUT2D eigenvalue weighted by Crippen LogP contribution is 1.86. The van der Waals surface area contributed by atoms with Gasteiger partial charge >= 0.3 is 5.97 Å². The Morgan fingerprint density at radius 1 is 0.684 bits per heavy atom. The molecule has 0 radical (unpaired) electrons. The number of esters is 1. The summed E-state index contributed by atoms with van der Waals surface area (Å²) in [6.45, 7) is 1.36. The molecule has 0 amide bonds. The van der Waals surface area contributed by atoms with Crippen LogP contribution in [0.3, 0.4) is 0 Å². The van der Waals surface area contributed by atoms with Crippen LogP contribution in [0.25, 0.3) is 0 Å². The second-order valence-electron chi connectivity index (χ2n) is 2.97. The Kier molecular flexibility index (Phi) is 14.6. The Bertz CT molecular complexity index is 199. The van der Waals surface area contributed by atoms with Gasteiger partial charge in [0.15, 0.2) is 40.8 Å². The largest absolute Gasteiger partial charge is 0.439 e. The van der Waals surface area contributed by atoms with Gasteiger partial charge in [0, 0.05) is 14.0 Å². The van der Waals surface area contributed by atoms with E-state index in [9.17, 15) is 4.79 Å². The summed E-state index contributed by atoms with van der Waals surface area (Å²) in [7, 11) is 1.51. The van der Waals surface area contributed by atoms with Crippen LogP contribution in [0.2, 0.25) is 0 Å². The van der Waals surface area contributed by atoms with Crippen molar-refractivity contribution in [3.8, 4) is 0 Å². The molecule has 0 saturated heterocycles. The number of carbonyl (C=O) groups is 1. The first-order chi connectivity index (χ1) is 9.27. The van der Waals surface area contributed by atoms with E-state index in [1.807, 2.05) is 0 Å². The van der Waals surface area contributed by atoms with E-state index in [1.54, 1.807) is 0 Å². The first kappa shape index (κ1) is 18.2. The van der Waals surface area contributed by atoms with Crippen LogP contribution >= 0.6 is 0 Å². The Labute approximate surface area is 111 Å². The van der Waals surface area contributed by atoms with E-state index in [0.29, 0.717) is 0 Å². The van der Waals surface area contributed by atoms with Crippen LogP contribution in [-0.2, 0) is 42.7 Å². The number of rotatable bonds is 14. The molecular weight excluding hydrogens is 264 g/mol. The zero-order valence-corrected chi connectivity index (χ0v) is 11.1. The molecule has 0 saturated carbocycles. The fraction of sp³-hybridized carbons (Fsp3) is 0.900. The highest BCUT2D eigenvalue weighted by Gasteiger charge is 1.93. The smallest absolute Gasteiger partial charge is 0.304 e. The molecule has 0 aliphatic heterocycles.